The van der Waals surface area contributed by atoms with Crippen molar-refractivity contribution in [1.29, 1.82) is 0 Å². The van der Waals surface area contributed by atoms with Gasteiger partial charge in [0.1, 0.15) is 0 Å². The van der Waals surface area contributed by atoms with Gasteiger partial charge in [-0.3, -0.25) is 0 Å². The van der Waals surface area contributed by atoms with Gasteiger partial charge in [-0.2, -0.15) is 4.98 Å². The van der Waals surface area contributed by atoms with Crippen molar-refractivity contribution in [3.05, 3.63) is 12.7 Å². The second kappa shape index (κ2) is 0.839. The summed E-state index contributed by atoms with van der Waals surface area (Å²) in [4.78, 5) is 3.32. The molecule has 0 aliphatic rings. The Morgan fingerprint density at radius 3 is 3.00 bits per heavy atom. The summed E-state index contributed by atoms with van der Waals surface area (Å²) in [5.74, 6) is 0. The predicted octanol–water partition coefficient (Wildman–Crippen LogP) is -0.130. The third-order valence-corrected chi connectivity index (χ3v) is 0.251. The second-order valence-corrected chi connectivity index (χ2v) is 0.533. The van der Waals surface area contributed by atoms with Gasteiger partial charge >= 0.3 is 6.39 Å². The van der Waals surface area contributed by atoms with Crippen molar-refractivity contribution in [3.8, 4) is 0 Å². The lowest BCUT2D eigenvalue weighted by atomic mass is 11.3. The van der Waals surface area contributed by atoms with Crippen LogP contribution in [0.1, 0.15) is 0 Å². The van der Waals surface area contributed by atoms with Crippen molar-refractivity contribution in [2.24, 2.45) is 0 Å². The summed E-state index contributed by atoms with van der Waals surface area (Å²) in [5.41, 5.74) is 0. The number of hydrogen-bond acceptors (Lipinski definition) is 3. The van der Waals surface area contributed by atoms with E-state index < -0.39 is 0 Å². The van der Waals surface area contributed by atoms with Crippen molar-refractivity contribution in [1.82, 2.24) is 10.1 Å². The Labute approximate surface area is 28.6 Å². The summed E-state index contributed by atoms with van der Waals surface area (Å²) in [6.07, 6.45) is 3.40. The molecular weight excluding hydrogens is 68.0 g/mol. The average Bonchev–Trinajstić information content (AvgIpc) is 1.76. The molecule has 25 valence electrons. The molecule has 0 saturated carbocycles. The van der Waals surface area contributed by atoms with Crippen molar-refractivity contribution in [2.75, 3.05) is 0 Å². The number of aromatic nitrogens is 2. The van der Waals surface area contributed by atoms with Gasteiger partial charge in [0.2, 0.25) is 0 Å². The van der Waals surface area contributed by atoms with E-state index in [-0.39, 0.29) is 0 Å². The van der Waals surface area contributed by atoms with Gasteiger partial charge in [-0.05, 0) is 0 Å². The Hall–Kier alpha value is -0.860. The molecule has 5 heavy (non-hydrogen) atoms. The molecule has 1 heterocycles. The molecule has 0 unspecified atom stereocenters. The van der Waals surface area contributed by atoms with Crippen LogP contribution in [0.2, 0.25) is 0 Å². The summed E-state index contributed by atoms with van der Waals surface area (Å²) in [6, 6.07) is 0. The van der Waals surface area contributed by atoms with Crippen LogP contribution in [-0.4, -0.2) is 10.1 Å². The Morgan fingerprint density at radius 1 is 1.80 bits per heavy atom. The molecule has 0 aliphatic carbocycles. The highest BCUT2D eigenvalue weighted by Gasteiger charge is 1.63. The third kappa shape index (κ3) is 0.238. The summed E-state index contributed by atoms with van der Waals surface area (Å²) in [7, 11) is 0. The molecular formula is C2HN2O. The molecule has 0 aliphatic heterocycles. The van der Waals surface area contributed by atoms with Crippen LogP contribution in [-0.2, 0) is 0 Å². The highest BCUT2D eigenvalue weighted by molar-refractivity contribution is 4.32. The molecule has 1 rings (SSSR count). The number of hydrogen-bond donors (Lipinski definition) is 0. The zero-order valence-electron chi connectivity index (χ0n) is 2.38. The van der Waals surface area contributed by atoms with Crippen LogP contribution >= 0.6 is 0 Å². The molecule has 3 heteroatoms. The first-order valence-electron chi connectivity index (χ1n) is 1.13. The first-order chi connectivity index (χ1) is 2.50. The second-order valence-electron chi connectivity index (χ2n) is 0.533. The molecule has 1 aromatic rings. The molecule has 0 saturated heterocycles. The fourth-order valence-electron chi connectivity index (χ4n) is 0.118. The molecule has 0 fully saturated rings. The maximum Gasteiger partial charge on any atom is 0.316 e. The maximum absolute atomic E-state index is 4.10. The quantitative estimate of drug-likeness (QED) is 0.426. The molecule has 1 aromatic heterocycles. The fourth-order valence-corrected chi connectivity index (χ4v) is 0.118. The van der Waals surface area contributed by atoms with Crippen molar-refractivity contribution in [2.45, 2.75) is 0 Å². The van der Waals surface area contributed by atoms with Crippen molar-refractivity contribution >= 4 is 0 Å². The average molecular weight is 69.0 g/mol. The SMILES string of the molecule is [c]1ncno1. The lowest BCUT2D eigenvalue weighted by Gasteiger charge is -1.42. The van der Waals surface area contributed by atoms with Crippen LogP contribution in [0.4, 0.5) is 0 Å². The highest BCUT2D eigenvalue weighted by atomic mass is 16.5. The van der Waals surface area contributed by atoms with Crippen molar-refractivity contribution < 1.29 is 4.52 Å². The summed E-state index contributed by atoms with van der Waals surface area (Å²) < 4.78 is 4.10. The summed E-state index contributed by atoms with van der Waals surface area (Å²) in [6.45, 7) is 0. The standard InChI is InChI=1S/C2HN2O/c1-3-2-5-4-1/h1H. The lowest BCUT2D eigenvalue weighted by Crippen LogP contribution is -1.44. The minimum absolute atomic E-state index is 1.28. The lowest BCUT2D eigenvalue weighted by molar-refractivity contribution is 0.409. The monoisotopic (exact) mass is 69.0 g/mol. The Kier molecular flexibility index (Phi) is 0.400. The predicted molar refractivity (Wildman–Crippen MR) is 13.1 cm³/mol. The number of nitrogens with zero attached hydrogens (tertiary/aromatic N) is 2. The van der Waals surface area contributed by atoms with Gasteiger partial charge < -0.3 is 4.52 Å². The summed E-state index contributed by atoms with van der Waals surface area (Å²) in [5, 5.41) is 3.18. The molecule has 0 atom stereocenters. The van der Waals surface area contributed by atoms with Gasteiger partial charge in [0.15, 0.2) is 6.33 Å². The molecule has 0 bridgehead atoms. The smallest absolute Gasteiger partial charge is 0.316 e. The largest absolute Gasteiger partial charge is 0.329 e. The third-order valence-electron chi connectivity index (χ3n) is 0.251. The fraction of sp³-hybridized carbons (Fsp3) is 0. The van der Waals surface area contributed by atoms with Crippen LogP contribution < -0.4 is 0 Å². The molecule has 0 amide bonds. The van der Waals surface area contributed by atoms with Crippen LogP contribution in [0, 0.1) is 6.39 Å². The Bertz CT molecular complexity index is 64.1. The van der Waals surface area contributed by atoms with Gasteiger partial charge in [-0.15, -0.1) is 0 Å². The van der Waals surface area contributed by atoms with E-state index in [1.807, 2.05) is 0 Å². The first-order valence-corrected chi connectivity index (χ1v) is 1.13. The molecule has 1 radical (unpaired) electrons. The minimum atomic E-state index is 1.28. The topological polar surface area (TPSA) is 38.9 Å². The highest BCUT2D eigenvalue weighted by Crippen LogP contribution is 1.60. The molecule has 0 spiro atoms. The zero-order valence-corrected chi connectivity index (χ0v) is 2.38. The maximum atomic E-state index is 4.10. The normalized spacial score (nSPS) is 8.00. The van der Waals surface area contributed by atoms with Gasteiger partial charge in [0.25, 0.3) is 0 Å². The molecule has 3 nitrogen and oxygen atoms in total. The van der Waals surface area contributed by atoms with Crippen molar-refractivity contribution in [3.63, 3.8) is 0 Å². The number of rotatable bonds is 0. The Balaban J connectivity index is 3.13. The van der Waals surface area contributed by atoms with E-state index in [1.54, 1.807) is 0 Å². The first kappa shape index (κ1) is 2.38. The zero-order chi connectivity index (χ0) is 3.54. The van der Waals surface area contributed by atoms with Gasteiger partial charge in [-0.25, -0.2) is 0 Å². The van der Waals surface area contributed by atoms with E-state index in [1.165, 1.54) is 6.33 Å². The minimum Gasteiger partial charge on any atom is -0.329 e. The van der Waals surface area contributed by atoms with E-state index in [4.69, 9.17) is 0 Å². The van der Waals surface area contributed by atoms with Crippen LogP contribution in [0.3, 0.4) is 0 Å². The van der Waals surface area contributed by atoms with E-state index in [0.29, 0.717) is 0 Å². The van der Waals surface area contributed by atoms with Gasteiger partial charge in [0.05, 0.1) is 0 Å². The van der Waals surface area contributed by atoms with E-state index in [9.17, 15) is 0 Å². The van der Waals surface area contributed by atoms with E-state index >= 15 is 0 Å². The van der Waals surface area contributed by atoms with E-state index in [0.717, 1.165) is 0 Å². The van der Waals surface area contributed by atoms with Crippen LogP contribution in [0.5, 0.6) is 0 Å². The van der Waals surface area contributed by atoms with Crippen LogP contribution in [0.25, 0.3) is 0 Å². The van der Waals surface area contributed by atoms with Crippen LogP contribution in [0.15, 0.2) is 10.9 Å². The van der Waals surface area contributed by atoms with E-state index in [2.05, 4.69) is 21.1 Å². The Morgan fingerprint density at radius 2 is 2.80 bits per heavy atom. The van der Waals surface area contributed by atoms with Gasteiger partial charge in [-0.1, -0.05) is 5.16 Å². The van der Waals surface area contributed by atoms with Gasteiger partial charge in [0, 0.05) is 0 Å². The molecule has 0 N–H and O–H groups in total. The molecule has 0 aromatic carbocycles. The summed E-state index contributed by atoms with van der Waals surface area (Å²) >= 11 is 0.